The van der Waals surface area contributed by atoms with Crippen molar-refractivity contribution in [2.45, 2.75) is 19.4 Å². The molecule has 1 amide bonds. The molecule has 6 nitrogen and oxygen atoms in total. The molecule has 7 heteroatoms. The first kappa shape index (κ1) is 14.9. The van der Waals surface area contributed by atoms with E-state index in [-0.39, 0.29) is 36.2 Å². The molecule has 0 radical (unpaired) electrons. The summed E-state index contributed by atoms with van der Waals surface area (Å²) in [5, 5.41) is 21.0. The number of β-amino-alcohol motifs (C(OH)–C–C–N with tert-alkyl or cyclic N) is 1. The molecule has 0 atom stereocenters. The van der Waals surface area contributed by atoms with Crippen LogP contribution in [0.15, 0.2) is 22.7 Å². The van der Waals surface area contributed by atoms with Gasteiger partial charge in [0.25, 0.3) is 11.6 Å². The number of aliphatic hydroxyl groups is 1. The summed E-state index contributed by atoms with van der Waals surface area (Å²) in [5.74, 6) is -0.239. The topological polar surface area (TPSA) is 83.7 Å². The lowest BCUT2D eigenvalue weighted by atomic mass is 9.82. The number of nitro groups is 1. The van der Waals surface area contributed by atoms with E-state index in [1.54, 1.807) is 0 Å². The summed E-state index contributed by atoms with van der Waals surface area (Å²) < 4.78 is 0.335. The predicted octanol–water partition coefficient (Wildman–Crippen LogP) is 2.20. The number of nitro benzene ring substituents is 1. The van der Waals surface area contributed by atoms with Gasteiger partial charge in [0.2, 0.25) is 0 Å². The zero-order valence-electron chi connectivity index (χ0n) is 11.2. The average molecular weight is 343 g/mol. The van der Waals surface area contributed by atoms with Gasteiger partial charge in [0.05, 0.1) is 22.5 Å². The number of hydrogen-bond acceptors (Lipinski definition) is 4. The zero-order chi connectivity index (χ0) is 15.1. The van der Waals surface area contributed by atoms with Crippen LogP contribution in [0.2, 0.25) is 0 Å². The summed E-state index contributed by atoms with van der Waals surface area (Å²) in [5.41, 5.74) is -0.738. The van der Waals surface area contributed by atoms with E-state index in [0.717, 1.165) is 0 Å². The highest BCUT2D eigenvalue weighted by Crippen LogP contribution is 2.31. The molecule has 1 saturated heterocycles. The Morgan fingerprint density at radius 1 is 1.50 bits per heavy atom. The van der Waals surface area contributed by atoms with E-state index in [1.807, 2.05) is 13.8 Å². The maximum atomic E-state index is 12.2. The molecule has 0 saturated carbocycles. The van der Waals surface area contributed by atoms with Gasteiger partial charge in [-0.15, -0.1) is 0 Å². The Morgan fingerprint density at radius 2 is 2.10 bits per heavy atom. The number of halogens is 1. The van der Waals surface area contributed by atoms with Crippen LogP contribution >= 0.6 is 15.9 Å². The van der Waals surface area contributed by atoms with E-state index < -0.39 is 10.5 Å². The first-order valence-electron chi connectivity index (χ1n) is 6.20. The summed E-state index contributed by atoms with van der Waals surface area (Å²) in [7, 11) is 0. The average Bonchev–Trinajstić information content (AvgIpc) is 2.34. The van der Waals surface area contributed by atoms with Gasteiger partial charge in [-0.25, -0.2) is 0 Å². The first-order valence-corrected chi connectivity index (χ1v) is 6.99. The smallest absolute Gasteiger partial charge is 0.284 e. The predicted molar refractivity (Wildman–Crippen MR) is 76.5 cm³/mol. The highest BCUT2D eigenvalue weighted by atomic mass is 79.9. The molecule has 1 aliphatic rings. The molecule has 0 spiro atoms. The van der Waals surface area contributed by atoms with Gasteiger partial charge in [-0.1, -0.05) is 13.8 Å². The number of carbonyl (C=O) groups excluding carboxylic acids is 1. The molecular formula is C13H15BrN2O4. The number of benzene rings is 1. The number of carbonyl (C=O) groups is 1. The Balaban J connectivity index is 2.16. The molecule has 1 aromatic carbocycles. The van der Waals surface area contributed by atoms with Gasteiger partial charge in [0.1, 0.15) is 5.60 Å². The Bertz CT molecular complexity index is 567. The molecule has 1 heterocycles. The van der Waals surface area contributed by atoms with Crippen molar-refractivity contribution in [3.8, 4) is 0 Å². The van der Waals surface area contributed by atoms with Crippen molar-refractivity contribution in [2.75, 3.05) is 13.1 Å². The van der Waals surface area contributed by atoms with Crippen LogP contribution in [-0.4, -0.2) is 39.5 Å². The lowest BCUT2D eigenvalue weighted by Crippen LogP contribution is -2.65. The summed E-state index contributed by atoms with van der Waals surface area (Å²) in [6, 6.07) is 4.27. The van der Waals surface area contributed by atoms with Crippen LogP contribution in [0.5, 0.6) is 0 Å². The van der Waals surface area contributed by atoms with E-state index in [9.17, 15) is 20.0 Å². The van der Waals surface area contributed by atoms with E-state index in [4.69, 9.17) is 0 Å². The minimum atomic E-state index is -0.850. The first-order chi connectivity index (χ1) is 9.24. The fourth-order valence-corrected chi connectivity index (χ4v) is 2.48. The van der Waals surface area contributed by atoms with Crippen LogP contribution < -0.4 is 0 Å². The summed E-state index contributed by atoms with van der Waals surface area (Å²) >= 11 is 3.08. The van der Waals surface area contributed by atoms with Crippen molar-refractivity contribution in [1.29, 1.82) is 0 Å². The van der Waals surface area contributed by atoms with Gasteiger partial charge in [-0.05, 0) is 34.0 Å². The number of amides is 1. The summed E-state index contributed by atoms with van der Waals surface area (Å²) in [6.07, 6.45) is 0. The van der Waals surface area contributed by atoms with Gasteiger partial charge in [0, 0.05) is 11.6 Å². The molecule has 1 aliphatic heterocycles. The van der Waals surface area contributed by atoms with Crippen molar-refractivity contribution >= 4 is 27.5 Å². The zero-order valence-corrected chi connectivity index (χ0v) is 12.8. The molecule has 108 valence electrons. The number of nitrogens with zero attached hydrogens (tertiary/aromatic N) is 2. The van der Waals surface area contributed by atoms with Crippen molar-refractivity contribution in [3.05, 3.63) is 38.3 Å². The lowest BCUT2D eigenvalue weighted by Gasteiger charge is -2.49. The Hall–Kier alpha value is -1.47. The van der Waals surface area contributed by atoms with Crippen LogP contribution in [0, 0.1) is 16.0 Å². The highest BCUT2D eigenvalue weighted by Gasteiger charge is 2.46. The molecule has 0 aromatic heterocycles. The van der Waals surface area contributed by atoms with E-state index >= 15 is 0 Å². The Labute approximate surface area is 124 Å². The van der Waals surface area contributed by atoms with Crippen LogP contribution in [0.1, 0.15) is 24.2 Å². The van der Waals surface area contributed by atoms with Crippen molar-refractivity contribution in [2.24, 2.45) is 5.92 Å². The minimum absolute atomic E-state index is 0.0609. The molecule has 20 heavy (non-hydrogen) atoms. The van der Waals surface area contributed by atoms with Crippen molar-refractivity contribution in [3.63, 3.8) is 0 Å². The number of likely N-dealkylation sites (tertiary alicyclic amines) is 1. The van der Waals surface area contributed by atoms with E-state index in [1.165, 1.54) is 23.1 Å². The summed E-state index contributed by atoms with van der Waals surface area (Å²) in [4.78, 5) is 24.0. The molecule has 1 fully saturated rings. The molecule has 0 bridgehead atoms. The maximum Gasteiger partial charge on any atom is 0.284 e. The molecule has 2 rings (SSSR count). The van der Waals surface area contributed by atoms with Crippen LogP contribution in [-0.2, 0) is 0 Å². The maximum absolute atomic E-state index is 12.2. The van der Waals surface area contributed by atoms with Gasteiger partial charge in [-0.2, -0.15) is 0 Å². The van der Waals surface area contributed by atoms with Crippen LogP contribution in [0.4, 0.5) is 5.69 Å². The van der Waals surface area contributed by atoms with E-state index in [0.29, 0.717) is 4.47 Å². The second kappa shape index (κ2) is 5.14. The highest BCUT2D eigenvalue weighted by molar-refractivity contribution is 9.10. The Kier molecular flexibility index (Phi) is 3.84. The molecule has 1 aromatic rings. The second-order valence-corrected chi connectivity index (χ2v) is 6.20. The SMILES string of the molecule is CC(C)C1(O)CN(C(=O)c2ccc(Br)c([N+](=O)[O-])c2)C1. The largest absolute Gasteiger partial charge is 0.386 e. The molecule has 0 unspecified atom stereocenters. The minimum Gasteiger partial charge on any atom is -0.386 e. The molecule has 0 aliphatic carbocycles. The third kappa shape index (κ3) is 2.55. The summed E-state index contributed by atoms with van der Waals surface area (Å²) in [6.45, 7) is 4.30. The standard InChI is InChI=1S/C13H15BrN2O4/c1-8(2)13(18)6-15(7-13)12(17)9-3-4-10(14)11(5-9)16(19)20/h3-5,8,18H,6-7H2,1-2H3. The normalized spacial score (nSPS) is 16.9. The monoisotopic (exact) mass is 342 g/mol. The quantitative estimate of drug-likeness (QED) is 0.674. The van der Waals surface area contributed by atoms with Gasteiger partial charge >= 0.3 is 0 Å². The van der Waals surface area contributed by atoms with Crippen molar-refractivity contribution in [1.82, 2.24) is 4.90 Å². The lowest BCUT2D eigenvalue weighted by molar-refractivity contribution is -0.385. The third-order valence-electron chi connectivity index (χ3n) is 3.68. The number of rotatable bonds is 3. The van der Waals surface area contributed by atoms with Gasteiger partial charge < -0.3 is 10.0 Å². The molecule has 1 N–H and O–H groups in total. The fraction of sp³-hybridized carbons (Fsp3) is 0.462. The second-order valence-electron chi connectivity index (χ2n) is 5.34. The fourth-order valence-electron chi connectivity index (χ4n) is 2.09. The van der Waals surface area contributed by atoms with Crippen molar-refractivity contribution < 1.29 is 14.8 Å². The third-order valence-corrected chi connectivity index (χ3v) is 4.35. The van der Waals surface area contributed by atoms with Gasteiger partial charge in [0.15, 0.2) is 0 Å². The van der Waals surface area contributed by atoms with E-state index in [2.05, 4.69) is 15.9 Å². The Morgan fingerprint density at radius 3 is 2.60 bits per heavy atom. The molecular weight excluding hydrogens is 328 g/mol. The van der Waals surface area contributed by atoms with Gasteiger partial charge in [-0.3, -0.25) is 14.9 Å². The number of hydrogen-bond donors (Lipinski definition) is 1. The van der Waals surface area contributed by atoms with Crippen LogP contribution in [0.3, 0.4) is 0 Å². The van der Waals surface area contributed by atoms with Crippen LogP contribution in [0.25, 0.3) is 0 Å².